The van der Waals surface area contributed by atoms with Crippen LogP contribution in [0.4, 0.5) is 0 Å². The molecule has 3 aromatic rings. The lowest BCUT2D eigenvalue weighted by Gasteiger charge is -2.16. The normalized spacial score (nSPS) is 13.3. The van der Waals surface area contributed by atoms with Gasteiger partial charge in [0.15, 0.2) is 0 Å². The number of para-hydroxylation sites is 1. The van der Waals surface area contributed by atoms with Crippen LogP contribution in [0.5, 0.6) is 0 Å². The Balaban J connectivity index is 1.72. The van der Waals surface area contributed by atoms with E-state index >= 15 is 0 Å². The molecule has 1 aliphatic rings. The van der Waals surface area contributed by atoms with Crippen molar-refractivity contribution in [2.75, 3.05) is 0 Å². The minimum Gasteiger partial charge on any atom is -0.313 e. The summed E-state index contributed by atoms with van der Waals surface area (Å²) in [6.07, 6.45) is 4.70. The van der Waals surface area contributed by atoms with Crippen LogP contribution in [0, 0.1) is 0 Å². The molecule has 1 amide bonds. The lowest BCUT2D eigenvalue weighted by Crippen LogP contribution is -2.38. The Kier molecular flexibility index (Phi) is 4.70. The quantitative estimate of drug-likeness (QED) is 0.358. The molecule has 0 aliphatic heterocycles. The Labute approximate surface area is 163 Å². The summed E-state index contributed by atoms with van der Waals surface area (Å²) in [7, 11) is 0. The van der Waals surface area contributed by atoms with Crippen molar-refractivity contribution in [1.82, 2.24) is 15.4 Å². The number of aromatic nitrogens is 1. The first-order valence-electron chi connectivity index (χ1n) is 8.66. The van der Waals surface area contributed by atoms with Gasteiger partial charge in [0.1, 0.15) is 4.32 Å². The molecule has 2 N–H and O–H groups in total. The van der Waals surface area contributed by atoms with Crippen LogP contribution in [0.3, 0.4) is 0 Å². The van der Waals surface area contributed by atoms with Crippen molar-refractivity contribution < 1.29 is 4.79 Å². The highest BCUT2D eigenvalue weighted by molar-refractivity contribution is 8.11. The zero-order valence-electron chi connectivity index (χ0n) is 14.2. The topological polar surface area (TPSA) is 46.1 Å². The first-order chi connectivity index (χ1) is 12.6. The van der Waals surface area contributed by atoms with Gasteiger partial charge in [-0.2, -0.15) is 0 Å². The molecule has 26 heavy (non-hydrogen) atoms. The molecule has 0 atom stereocenters. The maximum Gasteiger partial charge on any atom is 0.269 e. The van der Waals surface area contributed by atoms with Gasteiger partial charge in [-0.15, -0.1) is 12.6 Å². The molecule has 0 saturated carbocycles. The van der Waals surface area contributed by atoms with Gasteiger partial charge in [0.05, 0.1) is 5.52 Å². The second-order valence-electron chi connectivity index (χ2n) is 6.42. The first-order valence-corrected chi connectivity index (χ1v) is 9.51. The molecule has 132 valence electrons. The summed E-state index contributed by atoms with van der Waals surface area (Å²) in [4.78, 5) is 12.1. The average molecular weight is 382 g/mol. The lowest BCUT2D eigenvalue weighted by atomic mass is 9.95. The van der Waals surface area contributed by atoms with E-state index in [9.17, 15) is 4.79 Å². The molecule has 0 fully saturated rings. The van der Waals surface area contributed by atoms with Gasteiger partial charge in [0.25, 0.3) is 5.91 Å². The predicted octanol–water partition coefficient (Wildman–Crippen LogP) is 3.96. The summed E-state index contributed by atoms with van der Waals surface area (Å²) in [5.41, 5.74) is 10.8. The first kappa shape index (κ1) is 17.1. The maximum atomic E-state index is 12.1. The molecule has 0 saturated heterocycles. The van der Waals surface area contributed by atoms with Gasteiger partial charge in [0.2, 0.25) is 0 Å². The van der Waals surface area contributed by atoms with E-state index in [0.29, 0.717) is 5.56 Å². The SMILES string of the molecule is O=C(NNC(=S)S)c1ccc(-n2c3c(c4ccccc42)CCCC3)cc1. The molecule has 6 heteroatoms. The largest absolute Gasteiger partial charge is 0.313 e. The molecule has 1 aliphatic carbocycles. The van der Waals surface area contributed by atoms with Crippen LogP contribution in [0.25, 0.3) is 16.6 Å². The highest BCUT2D eigenvalue weighted by Gasteiger charge is 2.20. The molecular formula is C20H19N3OS2. The van der Waals surface area contributed by atoms with Gasteiger partial charge in [-0.3, -0.25) is 15.6 Å². The van der Waals surface area contributed by atoms with Crippen LogP contribution < -0.4 is 10.9 Å². The third-order valence-electron chi connectivity index (χ3n) is 4.85. The number of hydrazine groups is 1. The second-order valence-corrected chi connectivity index (χ2v) is 7.57. The number of aryl methyl sites for hydroxylation is 1. The molecule has 1 heterocycles. The Morgan fingerprint density at radius 1 is 1.00 bits per heavy atom. The smallest absolute Gasteiger partial charge is 0.269 e. The number of nitrogens with one attached hydrogen (secondary N) is 2. The van der Waals surface area contributed by atoms with Crippen molar-refractivity contribution in [2.24, 2.45) is 0 Å². The Morgan fingerprint density at radius 2 is 1.73 bits per heavy atom. The van der Waals surface area contributed by atoms with Crippen LogP contribution in [-0.4, -0.2) is 14.8 Å². The number of nitrogens with zero attached hydrogens (tertiary/aromatic N) is 1. The molecule has 0 unspecified atom stereocenters. The molecule has 2 aromatic carbocycles. The van der Waals surface area contributed by atoms with E-state index in [-0.39, 0.29) is 10.2 Å². The van der Waals surface area contributed by atoms with Gasteiger partial charge >= 0.3 is 0 Å². The molecule has 0 radical (unpaired) electrons. The Morgan fingerprint density at radius 3 is 2.50 bits per heavy atom. The van der Waals surface area contributed by atoms with E-state index in [4.69, 9.17) is 12.2 Å². The number of thiocarbonyl (C=S) groups is 1. The minimum absolute atomic E-state index is 0.223. The number of benzene rings is 2. The van der Waals surface area contributed by atoms with Crippen molar-refractivity contribution >= 4 is 46.0 Å². The van der Waals surface area contributed by atoms with E-state index in [1.165, 1.54) is 35.0 Å². The van der Waals surface area contributed by atoms with E-state index in [0.717, 1.165) is 18.5 Å². The monoisotopic (exact) mass is 381 g/mol. The summed E-state index contributed by atoms with van der Waals surface area (Å²) >= 11 is 8.70. The molecule has 4 nitrogen and oxygen atoms in total. The molecule has 0 bridgehead atoms. The summed E-state index contributed by atoms with van der Waals surface area (Å²) in [6, 6.07) is 16.2. The fraction of sp³-hybridized carbons (Fsp3) is 0.200. The molecular weight excluding hydrogens is 362 g/mol. The standard InChI is InChI=1S/C20H19N3OS2/c24-19(21-22-20(25)26)13-9-11-14(12-10-13)23-17-7-3-1-5-15(17)16-6-2-4-8-18(16)23/h1,3,5,7,9-12H,2,4,6,8H2,(H,21,24)(H2,22,25,26). The number of hydrogen-bond acceptors (Lipinski definition) is 2. The van der Waals surface area contributed by atoms with Crippen LogP contribution in [0.2, 0.25) is 0 Å². The van der Waals surface area contributed by atoms with Crippen molar-refractivity contribution in [3.8, 4) is 5.69 Å². The molecule has 0 spiro atoms. The summed E-state index contributed by atoms with van der Waals surface area (Å²) < 4.78 is 2.56. The van der Waals surface area contributed by atoms with Crippen molar-refractivity contribution in [3.05, 3.63) is 65.4 Å². The van der Waals surface area contributed by atoms with Gasteiger partial charge in [-0.05, 0) is 61.6 Å². The van der Waals surface area contributed by atoms with Crippen LogP contribution in [0.1, 0.15) is 34.5 Å². The summed E-state index contributed by atoms with van der Waals surface area (Å²) in [5, 5.41) is 1.34. The Hall–Kier alpha value is -2.31. The van der Waals surface area contributed by atoms with Gasteiger partial charge in [0, 0.05) is 22.3 Å². The lowest BCUT2D eigenvalue weighted by molar-refractivity contribution is 0.0944. The average Bonchev–Trinajstić information content (AvgIpc) is 3.01. The highest BCUT2D eigenvalue weighted by Crippen LogP contribution is 2.34. The fourth-order valence-electron chi connectivity index (χ4n) is 3.73. The third kappa shape index (κ3) is 3.10. The molecule has 4 rings (SSSR count). The van der Waals surface area contributed by atoms with Crippen LogP contribution in [-0.2, 0) is 12.8 Å². The maximum absolute atomic E-state index is 12.1. The number of rotatable bonds is 2. The number of amides is 1. The highest BCUT2D eigenvalue weighted by atomic mass is 32.1. The molecule has 1 aromatic heterocycles. The zero-order chi connectivity index (χ0) is 18.1. The predicted molar refractivity (Wildman–Crippen MR) is 112 cm³/mol. The zero-order valence-corrected chi connectivity index (χ0v) is 15.9. The van der Waals surface area contributed by atoms with Crippen molar-refractivity contribution in [1.29, 1.82) is 0 Å². The van der Waals surface area contributed by atoms with Crippen molar-refractivity contribution in [3.63, 3.8) is 0 Å². The third-order valence-corrected chi connectivity index (χ3v) is 5.06. The van der Waals surface area contributed by atoms with E-state index in [1.54, 1.807) is 0 Å². The van der Waals surface area contributed by atoms with Gasteiger partial charge in [-0.1, -0.05) is 30.4 Å². The Bertz CT molecular complexity index is 992. The number of carbonyl (C=O) groups is 1. The number of thiol groups is 1. The summed E-state index contributed by atoms with van der Waals surface area (Å²) in [6.45, 7) is 0. The number of hydrogen-bond donors (Lipinski definition) is 3. The van der Waals surface area contributed by atoms with Gasteiger partial charge < -0.3 is 4.57 Å². The fourth-order valence-corrected chi connectivity index (χ4v) is 3.84. The van der Waals surface area contributed by atoms with Crippen LogP contribution >= 0.6 is 24.8 Å². The van der Waals surface area contributed by atoms with Gasteiger partial charge in [-0.25, -0.2) is 0 Å². The van der Waals surface area contributed by atoms with E-state index < -0.39 is 0 Å². The van der Waals surface area contributed by atoms with Crippen LogP contribution in [0.15, 0.2) is 48.5 Å². The van der Waals surface area contributed by atoms with E-state index in [1.807, 2.05) is 24.3 Å². The summed E-state index contributed by atoms with van der Waals surface area (Å²) in [5.74, 6) is -0.243. The number of fused-ring (bicyclic) bond motifs is 3. The minimum atomic E-state index is -0.243. The van der Waals surface area contributed by atoms with E-state index in [2.05, 4.69) is 52.3 Å². The second kappa shape index (κ2) is 7.13. The van der Waals surface area contributed by atoms with Crippen molar-refractivity contribution in [2.45, 2.75) is 25.7 Å². The number of carbonyl (C=O) groups excluding carboxylic acids is 1.